The molecular formula is C9H12BrNO2S. The lowest BCUT2D eigenvalue weighted by Gasteiger charge is -2.34. The molecule has 2 heterocycles. The molecule has 78 valence electrons. The van der Waals surface area contributed by atoms with E-state index in [1.165, 1.54) is 11.3 Å². The van der Waals surface area contributed by atoms with Crippen LogP contribution in [0.25, 0.3) is 0 Å². The van der Waals surface area contributed by atoms with Crippen molar-refractivity contribution in [1.82, 2.24) is 4.98 Å². The molecule has 3 nitrogen and oxygen atoms in total. The lowest BCUT2D eigenvalue weighted by molar-refractivity contribution is -0.101. The molecule has 1 aromatic rings. The first-order chi connectivity index (χ1) is 6.47. The van der Waals surface area contributed by atoms with Gasteiger partial charge in [0.15, 0.2) is 0 Å². The highest BCUT2D eigenvalue weighted by Crippen LogP contribution is 2.47. The molecular weight excluding hydrogens is 266 g/mol. The van der Waals surface area contributed by atoms with Gasteiger partial charge in [0.1, 0.15) is 10.2 Å². The van der Waals surface area contributed by atoms with Gasteiger partial charge in [-0.15, -0.1) is 11.3 Å². The Morgan fingerprint density at radius 2 is 2.36 bits per heavy atom. The third-order valence-corrected chi connectivity index (χ3v) is 4.66. The van der Waals surface area contributed by atoms with Crippen molar-refractivity contribution in [3.63, 3.8) is 0 Å². The smallest absolute Gasteiger partial charge is 0.132 e. The molecule has 0 aromatic carbocycles. The highest BCUT2D eigenvalue weighted by Gasteiger charge is 2.52. The number of thiazole rings is 1. The normalized spacial score (nSPS) is 30.9. The molecule has 5 heteroatoms. The summed E-state index contributed by atoms with van der Waals surface area (Å²) < 4.78 is 6.27. The van der Waals surface area contributed by atoms with Crippen LogP contribution >= 0.6 is 27.3 Å². The van der Waals surface area contributed by atoms with Crippen molar-refractivity contribution in [3.8, 4) is 0 Å². The van der Waals surface area contributed by atoms with Gasteiger partial charge in [0, 0.05) is 6.42 Å². The molecule has 1 fully saturated rings. The fourth-order valence-electron chi connectivity index (χ4n) is 1.76. The number of hydrogen-bond acceptors (Lipinski definition) is 4. The number of aromatic nitrogens is 1. The van der Waals surface area contributed by atoms with Gasteiger partial charge in [-0.05, 0) is 29.8 Å². The summed E-state index contributed by atoms with van der Waals surface area (Å²) in [5.41, 5.74) is 0.279. The van der Waals surface area contributed by atoms with E-state index in [2.05, 4.69) is 20.9 Å². The van der Waals surface area contributed by atoms with E-state index in [1.807, 2.05) is 13.8 Å². The molecule has 1 aliphatic rings. The first-order valence-corrected chi connectivity index (χ1v) is 6.10. The van der Waals surface area contributed by atoms with Crippen LogP contribution in [0.2, 0.25) is 0 Å². The third kappa shape index (κ3) is 1.34. The molecule has 0 spiro atoms. The van der Waals surface area contributed by atoms with Crippen LogP contribution < -0.4 is 0 Å². The van der Waals surface area contributed by atoms with Gasteiger partial charge in [-0.1, -0.05) is 0 Å². The van der Waals surface area contributed by atoms with E-state index in [-0.39, 0.29) is 0 Å². The molecule has 0 aliphatic carbocycles. The van der Waals surface area contributed by atoms with Crippen molar-refractivity contribution in [2.24, 2.45) is 0 Å². The zero-order valence-corrected chi connectivity index (χ0v) is 10.5. The molecule has 1 atom stereocenters. The van der Waals surface area contributed by atoms with Crippen LogP contribution in [0.15, 0.2) is 10.1 Å². The molecule has 1 aliphatic heterocycles. The second-order valence-electron chi connectivity index (χ2n) is 3.94. The van der Waals surface area contributed by atoms with Crippen LogP contribution in [-0.2, 0) is 10.3 Å². The molecule has 1 saturated heterocycles. The van der Waals surface area contributed by atoms with E-state index >= 15 is 0 Å². The fraction of sp³-hybridized carbons (Fsp3) is 0.667. The summed E-state index contributed by atoms with van der Waals surface area (Å²) >= 11 is 4.81. The van der Waals surface area contributed by atoms with E-state index < -0.39 is 11.2 Å². The van der Waals surface area contributed by atoms with Gasteiger partial charge in [0.2, 0.25) is 0 Å². The van der Waals surface area contributed by atoms with E-state index in [1.54, 1.807) is 5.51 Å². The monoisotopic (exact) mass is 277 g/mol. The molecule has 0 saturated carbocycles. The number of nitrogens with zero attached hydrogens (tertiary/aromatic N) is 1. The van der Waals surface area contributed by atoms with Crippen LogP contribution in [-0.4, -0.2) is 22.3 Å². The Labute approximate surface area is 95.3 Å². The third-order valence-electron chi connectivity index (χ3n) is 2.82. The largest absolute Gasteiger partial charge is 0.381 e. The van der Waals surface area contributed by atoms with Crippen LogP contribution in [0.1, 0.15) is 25.1 Å². The SMILES string of the molecule is CC1(C)OCCC1(O)c1scnc1Br. The Kier molecular flexibility index (Phi) is 2.46. The Balaban J connectivity index is 2.47. The topological polar surface area (TPSA) is 42.4 Å². The fourth-order valence-corrected chi connectivity index (χ4v) is 3.56. The first-order valence-electron chi connectivity index (χ1n) is 4.43. The summed E-state index contributed by atoms with van der Waals surface area (Å²) in [5.74, 6) is 0. The molecule has 0 amide bonds. The maximum Gasteiger partial charge on any atom is 0.132 e. The Morgan fingerprint density at radius 1 is 1.64 bits per heavy atom. The van der Waals surface area contributed by atoms with Gasteiger partial charge < -0.3 is 9.84 Å². The molecule has 0 bridgehead atoms. The molecule has 14 heavy (non-hydrogen) atoms. The lowest BCUT2D eigenvalue weighted by Crippen LogP contribution is -2.43. The predicted molar refractivity (Wildman–Crippen MR) is 58.4 cm³/mol. The summed E-state index contributed by atoms with van der Waals surface area (Å²) in [7, 11) is 0. The Morgan fingerprint density at radius 3 is 2.79 bits per heavy atom. The van der Waals surface area contributed by atoms with Crippen molar-refractivity contribution in [1.29, 1.82) is 0 Å². The minimum Gasteiger partial charge on any atom is -0.381 e. The van der Waals surface area contributed by atoms with Crippen molar-refractivity contribution < 1.29 is 9.84 Å². The van der Waals surface area contributed by atoms with Gasteiger partial charge in [-0.2, -0.15) is 0 Å². The average molecular weight is 278 g/mol. The number of aliphatic hydroxyl groups is 1. The van der Waals surface area contributed by atoms with E-state index in [0.717, 1.165) is 9.48 Å². The molecule has 1 unspecified atom stereocenters. The second kappa shape index (κ2) is 3.27. The summed E-state index contributed by atoms with van der Waals surface area (Å²) in [6.45, 7) is 4.41. The van der Waals surface area contributed by atoms with Crippen LogP contribution in [0.4, 0.5) is 0 Å². The van der Waals surface area contributed by atoms with Crippen molar-refractivity contribution in [2.75, 3.05) is 6.61 Å². The highest BCUT2D eigenvalue weighted by atomic mass is 79.9. The van der Waals surface area contributed by atoms with Crippen LogP contribution in [0, 0.1) is 0 Å². The zero-order valence-electron chi connectivity index (χ0n) is 8.08. The summed E-state index contributed by atoms with van der Waals surface area (Å²) in [6.07, 6.45) is 0.626. The van der Waals surface area contributed by atoms with Gasteiger partial charge in [-0.3, -0.25) is 0 Å². The number of halogens is 1. The lowest BCUT2D eigenvalue weighted by atomic mass is 9.85. The quantitative estimate of drug-likeness (QED) is 0.857. The van der Waals surface area contributed by atoms with E-state index in [4.69, 9.17) is 4.74 Å². The maximum atomic E-state index is 10.6. The second-order valence-corrected chi connectivity index (χ2v) is 5.55. The average Bonchev–Trinajstić information content (AvgIpc) is 2.59. The zero-order chi connectivity index (χ0) is 10.4. The standard InChI is InChI=1S/C9H12BrNO2S/c1-8(2)9(12,3-4-13-8)6-7(10)11-5-14-6/h5,12H,3-4H2,1-2H3. The number of hydrogen-bond donors (Lipinski definition) is 1. The Hall–Kier alpha value is 0.0300. The minimum absolute atomic E-state index is 0.540. The predicted octanol–water partition coefficient (Wildman–Crippen LogP) is 2.29. The number of rotatable bonds is 1. The summed E-state index contributed by atoms with van der Waals surface area (Å²) in [4.78, 5) is 4.95. The number of ether oxygens (including phenoxy) is 1. The van der Waals surface area contributed by atoms with Gasteiger partial charge >= 0.3 is 0 Å². The molecule has 1 aromatic heterocycles. The first kappa shape index (κ1) is 10.5. The molecule has 0 radical (unpaired) electrons. The molecule has 2 rings (SSSR count). The highest BCUT2D eigenvalue weighted by molar-refractivity contribution is 9.10. The van der Waals surface area contributed by atoms with Gasteiger partial charge in [0.05, 0.1) is 22.6 Å². The van der Waals surface area contributed by atoms with E-state index in [0.29, 0.717) is 13.0 Å². The van der Waals surface area contributed by atoms with E-state index in [9.17, 15) is 5.11 Å². The van der Waals surface area contributed by atoms with Gasteiger partial charge in [-0.25, -0.2) is 4.98 Å². The Bertz CT molecular complexity index is 352. The van der Waals surface area contributed by atoms with Crippen molar-refractivity contribution >= 4 is 27.3 Å². The summed E-state index contributed by atoms with van der Waals surface area (Å²) in [5, 5.41) is 10.6. The van der Waals surface area contributed by atoms with Gasteiger partial charge in [0.25, 0.3) is 0 Å². The summed E-state index contributed by atoms with van der Waals surface area (Å²) in [6, 6.07) is 0. The molecule has 1 N–H and O–H groups in total. The van der Waals surface area contributed by atoms with Crippen LogP contribution in [0.3, 0.4) is 0 Å². The van der Waals surface area contributed by atoms with Crippen molar-refractivity contribution in [2.45, 2.75) is 31.5 Å². The maximum absolute atomic E-state index is 10.6. The van der Waals surface area contributed by atoms with Crippen LogP contribution in [0.5, 0.6) is 0 Å². The minimum atomic E-state index is -0.910. The van der Waals surface area contributed by atoms with Crippen molar-refractivity contribution in [3.05, 3.63) is 15.0 Å².